The van der Waals surface area contributed by atoms with E-state index in [1.165, 1.54) is 12.8 Å². The lowest BCUT2D eigenvalue weighted by Crippen LogP contribution is -2.49. The number of nitrogens with zero attached hydrogens (tertiary/aromatic N) is 6. The zero-order chi connectivity index (χ0) is 24.2. The van der Waals surface area contributed by atoms with Crippen molar-refractivity contribution in [3.8, 4) is 5.88 Å². The molecule has 180 valence electrons. The molecule has 3 N–H and O–H groups in total. The maximum absolute atomic E-state index is 13.1. The van der Waals surface area contributed by atoms with Crippen molar-refractivity contribution >= 4 is 35.5 Å². The van der Waals surface area contributed by atoms with Crippen molar-refractivity contribution < 1.29 is 19.4 Å². The number of hydrogen-bond acceptors (Lipinski definition) is 8. The van der Waals surface area contributed by atoms with E-state index in [2.05, 4.69) is 43.5 Å². The molecule has 1 saturated heterocycles. The summed E-state index contributed by atoms with van der Waals surface area (Å²) in [6.07, 6.45) is 6.16. The average Bonchev–Trinajstić information content (AvgIpc) is 3.41. The van der Waals surface area contributed by atoms with E-state index >= 15 is 0 Å². The summed E-state index contributed by atoms with van der Waals surface area (Å²) in [7, 11) is 1.54. The first-order chi connectivity index (χ1) is 16.4. The quantitative estimate of drug-likeness (QED) is 0.489. The molecule has 0 bridgehead atoms. The minimum Gasteiger partial charge on any atom is -0.483 e. The number of fused-ring (bicyclic) bond motifs is 2. The molecule has 0 aromatic carbocycles. The lowest BCUT2D eigenvalue weighted by atomic mass is 10.1. The van der Waals surface area contributed by atoms with E-state index in [0.29, 0.717) is 35.7 Å². The van der Waals surface area contributed by atoms with E-state index in [-0.39, 0.29) is 12.5 Å². The average molecular weight is 469 g/mol. The predicted octanol–water partition coefficient (Wildman–Crippen LogP) is 1.53. The van der Waals surface area contributed by atoms with Crippen molar-refractivity contribution in [1.29, 1.82) is 0 Å². The number of aryl methyl sites for hydroxylation is 1. The molecule has 12 nitrogen and oxygen atoms in total. The van der Waals surface area contributed by atoms with Crippen LogP contribution in [0.1, 0.15) is 18.2 Å². The second-order valence-corrected chi connectivity index (χ2v) is 8.12. The van der Waals surface area contributed by atoms with E-state index in [0.717, 1.165) is 37.3 Å². The third-order valence-corrected chi connectivity index (χ3v) is 5.76. The number of ether oxygens (including phenoxy) is 1. The normalized spacial score (nSPS) is 17.1. The molecule has 0 aliphatic carbocycles. The van der Waals surface area contributed by atoms with Gasteiger partial charge in [-0.15, -0.1) is 0 Å². The number of carboxylic acid groups (broad SMARTS) is 1. The van der Waals surface area contributed by atoms with Gasteiger partial charge in [-0.3, -0.25) is 19.4 Å². The Hall–Kier alpha value is -3.93. The van der Waals surface area contributed by atoms with Crippen molar-refractivity contribution in [2.75, 3.05) is 48.4 Å². The number of rotatable bonds is 3. The molecule has 2 amide bonds. The molecule has 1 atom stereocenters. The Morgan fingerprint density at radius 3 is 2.85 bits per heavy atom. The number of aromatic nitrogens is 4. The smallest absolute Gasteiger partial charge is 0.328 e. The molecule has 0 unspecified atom stereocenters. The zero-order valence-electron chi connectivity index (χ0n) is 19.4. The number of carbonyl (C=O) groups is 2. The Labute approximate surface area is 196 Å². The van der Waals surface area contributed by atoms with Gasteiger partial charge in [0.15, 0.2) is 5.82 Å². The van der Waals surface area contributed by atoms with Gasteiger partial charge in [0.05, 0.1) is 19.0 Å². The van der Waals surface area contributed by atoms with Gasteiger partial charge in [-0.2, -0.15) is 4.98 Å². The van der Waals surface area contributed by atoms with Gasteiger partial charge in [-0.1, -0.05) is 0 Å². The first kappa shape index (κ1) is 23.2. The maximum Gasteiger partial charge on any atom is 0.328 e. The van der Waals surface area contributed by atoms with Crippen LogP contribution in [0.4, 0.5) is 22.1 Å². The molecule has 12 heteroatoms. The number of amides is 2. The molecular formula is C22H28N8O4. The van der Waals surface area contributed by atoms with Crippen molar-refractivity contribution in [1.82, 2.24) is 24.7 Å². The standard InChI is InChI=1S/C21H26N8O2.CH2O2/c1-13-10-27(9-7-22-13)16-4-6-23-18-15(16)5-8-29(18)21(30)26-17-12-28-11-14(2)24-19(28)20(25-17)31-3;2-1-3/h4,6,11-13,22H,5,7-10H2,1-3H3,(H,26,30);1H,(H,2,3)/t13-;/m1./s1. The van der Waals surface area contributed by atoms with Crippen LogP contribution in [0.25, 0.3) is 5.65 Å². The van der Waals surface area contributed by atoms with Crippen LogP contribution in [-0.4, -0.2) is 76.3 Å². The monoisotopic (exact) mass is 468 g/mol. The van der Waals surface area contributed by atoms with Crippen LogP contribution in [0, 0.1) is 6.92 Å². The van der Waals surface area contributed by atoms with E-state index < -0.39 is 0 Å². The summed E-state index contributed by atoms with van der Waals surface area (Å²) >= 11 is 0. The Morgan fingerprint density at radius 1 is 1.32 bits per heavy atom. The van der Waals surface area contributed by atoms with Crippen LogP contribution in [0.2, 0.25) is 0 Å². The van der Waals surface area contributed by atoms with Crippen molar-refractivity contribution in [3.05, 3.63) is 35.9 Å². The lowest BCUT2D eigenvalue weighted by molar-refractivity contribution is -0.122. The number of imidazole rings is 1. The van der Waals surface area contributed by atoms with Gasteiger partial charge >= 0.3 is 6.03 Å². The number of carbonyl (C=O) groups excluding carboxylic acids is 1. The van der Waals surface area contributed by atoms with Crippen molar-refractivity contribution in [2.24, 2.45) is 0 Å². The fourth-order valence-corrected chi connectivity index (χ4v) is 4.39. The van der Waals surface area contributed by atoms with Crippen LogP contribution < -0.4 is 25.2 Å². The van der Waals surface area contributed by atoms with Crippen LogP contribution >= 0.6 is 0 Å². The Balaban J connectivity index is 0.000000868. The molecule has 5 rings (SSSR count). The summed E-state index contributed by atoms with van der Waals surface area (Å²) in [6.45, 7) is 7.25. The first-order valence-electron chi connectivity index (χ1n) is 11.0. The van der Waals surface area contributed by atoms with Gasteiger partial charge < -0.3 is 20.1 Å². The largest absolute Gasteiger partial charge is 0.483 e. The number of methoxy groups -OCH3 is 1. The van der Waals surface area contributed by atoms with Crippen LogP contribution in [0.3, 0.4) is 0 Å². The minimum atomic E-state index is -0.261. The Kier molecular flexibility index (Phi) is 6.77. The van der Waals surface area contributed by atoms with Gasteiger partial charge in [-0.25, -0.2) is 14.8 Å². The molecule has 0 radical (unpaired) electrons. The first-order valence-corrected chi connectivity index (χ1v) is 11.0. The third-order valence-electron chi connectivity index (χ3n) is 5.76. The van der Waals surface area contributed by atoms with Gasteiger partial charge in [0.1, 0.15) is 5.82 Å². The molecule has 1 fully saturated rings. The summed E-state index contributed by atoms with van der Waals surface area (Å²) in [5, 5.41) is 13.3. The second-order valence-electron chi connectivity index (χ2n) is 8.12. The predicted molar refractivity (Wildman–Crippen MR) is 127 cm³/mol. The molecule has 5 heterocycles. The Bertz CT molecular complexity index is 1200. The highest BCUT2D eigenvalue weighted by atomic mass is 16.5. The SMILES string of the molecule is COc1nc(NC(=O)N2CCc3c(N4CCN[C@H](C)C4)ccnc32)cn2cc(C)nc12.O=CO. The van der Waals surface area contributed by atoms with Crippen LogP contribution in [-0.2, 0) is 11.2 Å². The highest BCUT2D eigenvalue weighted by Crippen LogP contribution is 2.34. The van der Waals surface area contributed by atoms with Gasteiger partial charge in [0, 0.05) is 55.9 Å². The molecule has 3 aromatic rings. The number of anilines is 3. The number of hydrogen-bond donors (Lipinski definition) is 3. The van der Waals surface area contributed by atoms with E-state index in [1.807, 2.05) is 13.1 Å². The Morgan fingerprint density at radius 2 is 2.12 bits per heavy atom. The number of urea groups is 1. The number of pyridine rings is 1. The molecule has 2 aliphatic rings. The van der Waals surface area contributed by atoms with Gasteiger partial charge in [0.2, 0.25) is 5.65 Å². The second kappa shape index (κ2) is 9.91. The summed E-state index contributed by atoms with van der Waals surface area (Å²) in [4.78, 5) is 38.9. The molecule has 34 heavy (non-hydrogen) atoms. The highest BCUT2D eigenvalue weighted by molar-refractivity contribution is 6.02. The van der Waals surface area contributed by atoms with Crippen molar-refractivity contribution in [3.63, 3.8) is 0 Å². The molecule has 0 saturated carbocycles. The van der Waals surface area contributed by atoms with Gasteiger partial charge in [-0.05, 0) is 26.3 Å². The summed E-state index contributed by atoms with van der Waals surface area (Å²) in [5.74, 6) is 1.47. The van der Waals surface area contributed by atoms with Crippen LogP contribution in [0.15, 0.2) is 24.7 Å². The molecule has 2 aliphatic heterocycles. The molecular weight excluding hydrogens is 440 g/mol. The summed E-state index contributed by atoms with van der Waals surface area (Å²) in [6, 6.07) is 2.23. The topological polar surface area (TPSA) is 137 Å². The van der Waals surface area contributed by atoms with E-state index in [1.54, 1.807) is 21.7 Å². The van der Waals surface area contributed by atoms with E-state index in [4.69, 9.17) is 14.6 Å². The minimum absolute atomic E-state index is 0.250. The highest BCUT2D eigenvalue weighted by Gasteiger charge is 2.30. The summed E-state index contributed by atoms with van der Waals surface area (Å²) in [5.41, 5.74) is 3.75. The molecule has 3 aromatic heterocycles. The third kappa shape index (κ3) is 4.57. The maximum atomic E-state index is 13.1. The molecule has 0 spiro atoms. The lowest BCUT2D eigenvalue weighted by Gasteiger charge is -2.34. The number of nitrogens with one attached hydrogen (secondary N) is 2. The zero-order valence-corrected chi connectivity index (χ0v) is 19.4. The fraction of sp³-hybridized carbons (Fsp3) is 0.409. The summed E-state index contributed by atoms with van der Waals surface area (Å²) < 4.78 is 7.16. The van der Waals surface area contributed by atoms with Crippen molar-refractivity contribution in [2.45, 2.75) is 26.3 Å². The van der Waals surface area contributed by atoms with Gasteiger partial charge in [0.25, 0.3) is 12.4 Å². The van der Waals surface area contributed by atoms with E-state index in [9.17, 15) is 4.79 Å². The van der Waals surface area contributed by atoms with Crippen LogP contribution in [0.5, 0.6) is 5.88 Å². The number of piperazine rings is 1. The fourth-order valence-electron chi connectivity index (χ4n) is 4.39.